The summed E-state index contributed by atoms with van der Waals surface area (Å²) in [7, 11) is 1.49. The van der Waals surface area contributed by atoms with E-state index in [-0.39, 0.29) is 12.3 Å². The van der Waals surface area contributed by atoms with E-state index in [0.29, 0.717) is 11.3 Å². The second kappa shape index (κ2) is 4.63. The second-order valence-electron chi connectivity index (χ2n) is 2.86. The highest BCUT2D eigenvalue weighted by Gasteiger charge is 2.13. The molecule has 5 heteroatoms. The lowest BCUT2D eigenvalue weighted by Gasteiger charge is -2.12. The molecule has 0 heterocycles. The molecule has 0 fully saturated rings. The van der Waals surface area contributed by atoms with Crippen molar-refractivity contribution in [3.05, 3.63) is 21.7 Å². The monoisotopic (exact) mass is 261 g/mol. The molecule has 0 saturated carbocycles. The van der Waals surface area contributed by atoms with Gasteiger partial charge in [0.05, 0.1) is 7.11 Å². The molecule has 3 N–H and O–H groups in total. The molecule has 0 aromatic heterocycles. The Balaban J connectivity index is 3.27. The maximum Gasteiger partial charge on any atom is 0.164 e. The molecule has 0 atom stereocenters. The van der Waals surface area contributed by atoms with E-state index in [0.717, 1.165) is 10.0 Å². The van der Waals surface area contributed by atoms with Gasteiger partial charge in [-0.15, -0.1) is 0 Å². The van der Waals surface area contributed by atoms with Crippen LogP contribution in [0.15, 0.2) is 10.5 Å². The molecular weight excluding hydrogens is 250 g/mol. The van der Waals surface area contributed by atoms with Gasteiger partial charge in [0.1, 0.15) is 0 Å². The van der Waals surface area contributed by atoms with Gasteiger partial charge in [-0.2, -0.15) is 0 Å². The SMILES string of the molecule is COc1c(C)c(Br)cc(CNO)c1O. The molecule has 14 heavy (non-hydrogen) atoms. The fourth-order valence-electron chi connectivity index (χ4n) is 1.23. The lowest BCUT2D eigenvalue weighted by Crippen LogP contribution is -2.07. The summed E-state index contributed by atoms with van der Waals surface area (Å²) >= 11 is 3.34. The van der Waals surface area contributed by atoms with Crippen molar-refractivity contribution in [2.24, 2.45) is 0 Å². The van der Waals surface area contributed by atoms with E-state index in [1.807, 2.05) is 12.4 Å². The number of hydroxylamine groups is 1. The summed E-state index contributed by atoms with van der Waals surface area (Å²) in [5, 5.41) is 18.3. The van der Waals surface area contributed by atoms with Crippen LogP contribution in [0.5, 0.6) is 11.5 Å². The molecule has 0 spiro atoms. The van der Waals surface area contributed by atoms with Gasteiger partial charge < -0.3 is 15.1 Å². The number of halogens is 1. The summed E-state index contributed by atoms with van der Waals surface area (Å²) in [5.74, 6) is 0.472. The Hall–Kier alpha value is -0.780. The summed E-state index contributed by atoms with van der Waals surface area (Å²) in [5.41, 5.74) is 3.38. The van der Waals surface area contributed by atoms with E-state index in [9.17, 15) is 5.11 Å². The summed E-state index contributed by atoms with van der Waals surface area (Å²) in [4.78, 5) is 0. The number of phenolic OH excluding ortho intramolecular Hbond substituents is 1. The third-order valence-electron chi connectivity index (χ3n) is 1.99. The molecule has 4 nitrogen and oxygen atoms in total. The van der Waals surface area contributed by atoms with Crippen LogP contribution in [0.3, 0.4) is 0 Å². The van der Waals surface area contributed by atoms with Gasteiger partial charge in [-0.25, -0.2) is 5.48 Å². The Labute approximate surface area is 90.6 Å². The summed E-state index contributed by atoms with van der Waals surface area (Å²) < 4.78 is 5.89. The number of rotatable bonds is 3. The van der Waals surface area contributed by atoms with Crippen LogP contribution in [-0.2, 0) is 6.54 Å². The lowest BCUT2D eigenvalue weighted by atomic mass is 10.1. The quantitative estimate of drug-likeness (QED) is 0.728. The molecule has 1 aromatic carbocycles. The maximum absolute atomic E-state index is 9.73. The normalized spacial score (nSPS) is 10.3. The Morgan fingerprint density at radius 2 is 2.21 bits per heavy atom. The van der Waals surface area contributed by atoms with Crippen LogP contribution in [0, 0.1) is 6.92 Å². The van der Waals surface area contributed by atoms with E-state index in [4.69, 9.17) is 9.94 Å². The van der Waals surface area contributed by atoms with Crippen molar-refractivity contribution >= 4 is 15.9 Å². The topological polar surface area (TPSA) is 61.7 Å². The zero-order chi connectivity index (χ0) is 10.7. The summed E-state index contributed by atoms with van der Waals surface area (Å²) in [6, 6.07) is 1.73. The van der Waals surface area contributed by atoms with Gasteiger partial charge in [-0.1, -0.05) is 15.9 Å². The van der Waals surface area contributed by atoms with Crippen molar-refractivity contribution in [3.8, 4) is 11.5 Å². The average molecular weight is 262 g/mol. The number of benzene rings is 1. The van der Waals surface area contributed by atoms with Crippen molar-refractivity contribution in [2.75, 3.05) is 7.11 Å². The Bertz CT molecular complexity index is 341. The van der Waals surface area contributed by atoms with E-state index >= 15 is 0 Å². The van der Waals surface area contributed by atoms with Crippen LogP contribution in [0.2, 0.25) is 0 Å². The van der Waals surface area contributed by atoms with Crippen molar-refractivity contribution in [1.29, 1.82) is 0 Å². The van der Waals surface area contributed by atoms with Crippen LogP contribution in [-0.4, -0.2) is 17.4 Å². The Morgan fingerprint density at radius 3 is 2.71 bits per heavy atom. The molecule has 0 bridgehead atoms. The van der Waals surface area contributed by atoms with E-state index < -0.39 is 0 Å². The number of nitrogens with one attached hydrogen (secondary N) is 1. The molecular formula is C9H12BrNO3. The first-order chi connectivity index (χ1) is 6.61. The first-order valence-electron chi connectivity index (χ1n) is 4.03. The minimum Gasteiger partial charge on any atom is -0.504 e. The Morgan fingerprint density at radius 1 is 1.57 bits per heavy atom. The van der Waals surface area contributed by atoms with Crippen molar-refractivity contribution in [2.45, 2.75) is 13.5 Å². The van der Waals surface area contributed by atoms with E-state index in [2.05, 4.69) is 15.9 Å². The molecule has 0 saturated heterocycles. The number of phenols is 1. The van der Waals surface area contributed by atoms with Gasteiger partial charge in [0.2, 0.25) is 0 Å². The first kappa shape index (κ1) is 11.3. The predicted octanol–water partition coefficient (Wildman–Crippen LogP) is 1.95. The molecule has 0 unspecified atom stereocenters. The van der Waals surface area contributed by atoms with Crippen LogP contribution < -0.4 is 10.2 Å². The zero-order valence-electron chi connectivity index (χ0n) is 7.97. The van der Waals surface area contributed by atoms with Crippen molar-refractivity contribution < 1.29 is 15.1 Å². The number of hydrogen-bond acceptors (Lipinski definition) is 4. The zero-order valence-corrected chi connectivity index (χ0v) is 9.55. The summed E-state index contributed by atoms with van der Waals surface area (Å²) in [6.45, 7) is 2.00. The smallest absolute Gasteiger partial charge is 0.164 e. The van der Waals surface area contributed by atoms with Crippen LogP contribution in [0.25, 0.3) is 0 Å². The van der Waals surface area contributed by atoms with Gasteiger partial charge in [-0.3, -0.25) is 0 Å². The minimum absolute atomic E-state index is 0.0507. The number of ether oxygens (including phenoxy) is 1. The van der Waals surface area contributed by atoms with E-state index in [1.165, 1.54) is 7.11 Å². The summed E-state index contributed by atoms with van der Waals surface area (Å²) in [6.07, 6.45) is 0. The third-order valence-corrected chi connectivity index (χ3v) is 2.82. The highest BCUT2D eigenvalue weighted by molar-refractivity contribution is 9.10. The lowest BCUT2D eigenvalue weighted by molar-refractivity contribution is 0.160. The van der Waals surface area contributed by atoms with E-state index in [1.54, 1.807) is 6.07 Å². The van der Waals surface area contributed by atoms with Crippen molar-refractivity contribution in [1.82, 2.24) is 5.48 Å². The first-order valence-corrected chi connectivity index (χ1v) is 4.83. The van der Waals surface area contributed by atoms with Crippen LogP contribution in [0.4, 0.5) is 0 Å². The van der Waals surface area contributed by atoms with Gasteiger partial charge in [-0.05, 0) is 13.0 Å². The third kappa shape index (κ3) is 2.00. The number of hydrogen-bond donors (Lipinski definition) is 3. The highest BCUT2D eigenvalue weighted by Crippen LogP contribution is 2.37. The highest BCUT2D eigenvalue weighted by atomic mass is 79.9. The molecule has 1 aromatic rings. The molecule has 0 aliphatic rings. The number of methoxy groups -OCH3 is 1. The van der Waals surface area contributed by atoms with Gasteiger partial charge in [0.15, 0.2) is 11.5 Å². The molecule has 78 valence electrons. The predicted molar refractivity (Wildman–Crippen MR) is 55.7 cm³/mol. The van der Waals surface area contributed by atoms with Gasteiger partial charge >= 0.3 is 0 Å². The van der Waals surface area contributed by atoms with Crippen molar-refractivity contribution in [3.63, 3.8) is 0 Å². The molecule has 0 amide bonds. The number of aromatic hydroxyl groups is 1. The van der Waals surface area contributed by atoms with Crippen LogP contribution >= 0.6 is 15.9 Å². The average Bonchev–Trinajstić information content (AvgIpc) is 2.16. The van der Waals surface area contributed by atoms with Crippen LogP contribution in [0.1, 0.15) is 11.1 Å². The van der Waals surface area contributed by atoms with Gasteiger partial charge in [0, 0.05) is 22.1 Å². The standard InChI is InChI=1S/C9H12BrNO3/c1-5-7(10)3-6(4-11-13)8(12)9(5)14-2/h3,11-13H,4H2,1-2H3. The Kier molecular flexibility index (Phi) is 3.74. The largest absolute Gasteiger partial charge is 0.504 e. The second-order valence-corrected chi connectivity index (χ2v) is 3.71. The minimum atomic E-state index is 0.0507. The fraction of sp³-hybridized carbons (Fsp3) is 0.333. The molecule has 0 radical (unpaired) electrons. The maximum atomic E-state index is 9.73. The molecule has 1 rings (SSSR count). The molecule has 0 aliphatic heterocycles. The fourth-order valence-corrected chi connectivity index (χ4v) is 1.69. The van der Waals surface area contributed by atoms with Gasteiger partial charge in [0.25, 0.3) is 0 Å². The molecule has 0 aliphatic carbocycles.